The molecule has 0 bridgehead atoms. The molecule has 92 valence electrons. The van der Waals surface area contributed by atoms with Crippen molar-refractivity contribution in [3.8, 4) is 5.95 Å². The first-order chi connectivity index (χ1) is 8.10. The van der Waals surface area contributed by atoms with Gasteiger partial charge in [-0.3, -0.25) is 0 Å². The third-order valence-corrected chi connectivity index (χ3v) is 3.73. The van der Waals surface area contributed by atoms with Gasteiger partial charge in [0, 0.05) is 24.6 Å². The van der Waals surface area contributed by atoms with Crippen molar-refractivity contribution in [2.75, 3.05) is 7.11 Å². The minimum atomic E-state index is 0.521. The lowest BCUT2D eigenvalue weighted by molar-refractivity contribution is 0.294. The van der Waals surface area contributed by atoms with Gasteiger partial charge >= 0.3 is 5.95 Å². The molecule has 0 aliphatic heterocycles. The fourth-order valence-corrected chi connectivity index (χ4v) is 2.57. The van der Waals surface area contributed by atoms with E-state index in [0.717, 1.165) is 29.2 Å². The SMILES string of the molecule is COc1oc(C)nc1CCc1nc(C)c(C)s1. The Balaban J connectivity index is 2.06. The molecule has 0 saturated heterocycles. The molecule has 0 spiro atoms. The molecular formula is C12H16N2O2S. The first-order valence-electron chi connectivity index (χ1n) is 5.53. The largest absolute Gasteiger partial charge is 0.467 e. The Morgan fingerprint density at radius 3 is 2.53 bits per heavy atom. The van der Waals surface area contributed by atoms with Gasteiger partial charge in [-0.15, -0.1) is 11.3 Å². The Kier molecular flexibility index (Phi) is 3.47. The summed E-state index contributed by atoms with van der Waals surface area (Å²) in [5.74, 6) is 1.16. The predicted octanol–water partition coefficient (Wildman–Crippen LogP) is 2.85. The van der Waals surface area contributed by atoms with Crippen LogP contribution in [-0.4, -0.2) is 17.1 Å². The van der Waals surface area contributed by atoms with Gasteiger partial charge in [-0.1, -0.05) is 0 Å². The van der Waals surface area contributed by atoms with Crippen LogP contribution in [0.25, 0.3) is 0 Å². The minimum absolute atomic E-state index is 0.521. The number of thiazole rings is 1. The van der Waals surface area contributed by atoms with Gasteiger partial charge in [-0.2, -0.15) is 0 Å². The predicted molar refractivity (Wildman–Crippen MR) is 66.8 cm³/mol. The zero-order valence-electron chi connectivity index (χ0n) is 10.5. The second-order valence-corrected chi connectivity index (χ2v) is 5.21. The molecule has 0 radical (unpaired) electrons. The summed E-state index contributed by atoms with van der Waals surface area (Å²) in [6.45, 7) is 5.96. The van der Waals surface area contributed by atoms with Crippen molar-refractivity contribution in [3.63, 3.8) is 0 Å². The molecule has 2 rings (SSSR count). The minimum Gasteiger partial charge on any atom is -0.467 e. The summed E-state index contributed by atoms with van der Waals surface area (Å²) < 4.78 is 10.5. The molecule has 2 aromatic rings. The Bertz CT molecular complexity index is 497. The molecule has 0 fully saturated rings. The summed E-state index contributed by atoms with van der Waals surface area (Å²) in [5, 5.41) is 1.14. The summed E-state index contributed by atoms with van der Waals surface area (Å²) in [4.78, 5) is 10.1. The lowest BCUT2D eigenvalue weighted by atomic mass is 10.2. The number of hydrogen-bond donors (Lipinski definition) is 0. The van der Waals surface area contributed by atoms with Crippen LogP contribution in [0.3, 0.4) is 0 Å². The maximum atomic E-state index is 5.33. The summed E-state index contributed by atoms with van der Waals surface area (Å²) in [7, 11) is 1.60. The van der Waals surface area contributed by atoms with E-state index in [0.29, 0.717) is 11.8 Å². The lowest BCUT2D eigenvalue weighted by Crippen LogP contribution is -1.94. The quantitative estimate of drug-likeness (QED) is 0.839. The number of rotatable bonds is 4. The highest BCUT2D eigenvalue weighted by Gasteiger charge is 2.12. The van der Waals surface area contributed by atoms with Gasteiger partial charge in [0.2, 0.25) is 0 Å². The number of nitrogens with zero attached hydrogens (tertiary/aromatic N) is 2. The molecule has 0 aromatic carbocycles. The molecule has 0 N–H and O–H groups in total. The molecule has 0 amide bonds. The topological polar surface area (TPSA) is 48.2 Å². The zero-order chi connectivity index (χ0) is 12.4. The van der Waals surface area contributed by atoms with E-state index in [9.17, 15) is 0 Å². The second kappa shape index (κ2) is 4.87. The summed E-state index contributed by atoms with van der Waals surface area (Å²) >= 11 is 1.74. The zero-order valence-corrected chi connectivity index (χ0v) is 11.3. The smallest absolute Gasteiger partial charge is 0.308 e. The maximum absolute atomic E-state index is 5.33. The van der Waals surface area contributed by atoms with E-state index in [-0.39, 0.29) is 0 Å². The Morgan fingerprint density at radius 1 is 1.18 bits per heavy atom. The Morgan fingerprint density at radius 2 is 1.94 bits per heavy atom. The molecule has 17 heavy (non-hydrogen) atoms. The first kappa shape index (κ1) is 12.1. The highest BCUT2D eigenvalue weighted by molar-refractivity contribution is 7.11. The third-order valence-electron chi connectivity index (χ3n) is 2.60. The van der Waals surface area contributed by atoms with E-state index in [1.807, 2.05) is 13.8 Å². The van der Waals surface area contributed by atoms with Crippen molar-refractivity contribution >= 4 is 11.3 Å². The van der Waals surface area contributed by atoms with Crippen LogP contribution in [0.5, 0.6) is 5.95 Å². The summed E-state index contributed by atoms with van der Waals surface area (Å²) in [6.07, 6.45) is 1.68. The standard InChI is InChI=1S/C12H16N2O2S/c1-7-8(2)17-11(13-7)6-5-10-12(15-4)16-9(3)14-10/h5-6H2,1-4H3. The fourth-order valence-electron chi connectivity index (χ4n) is 1.64. The molecule has 0 atom stereocenters. The van der Waals surface area contributed by atoms with Crippen molar-refractivity contribution in [1.82, 2.24) is 9.97 Å². The summed E-state index contributed by atoms with van der Waals surface area (Å²) in [5.41, 5.74) is 1.99. The molecule has 0 aliphatic rings. The average molecular weight is 252 g/mol. The third kappa shape index (κ3) is 2.66. The average Bonchev–Trinajstić information content (AvgIpc) is 2.80. The molecule has 4 nitrogen and oxygen atoms in total. The van der Waals surface area contributed by atoms with Gasteiger partial charge in [0.15, 0.2) is 5.89 Å². The molecule has 2 heterocycles. The molecule has 2 aromatic heterocycles. The molecule has 0 unspecified atom stereocenters. The molecule has 5 heteroatoms. The second-order valence-electron chi connectivity index (χ2n) is 3.92. The number of aromatic nitrogens is 2. The van der Waals surface area contributed by atoms with Crippen molar-refractivity contribution in [2.45, 2.75) is 33.6 Å². The molecule has 0 saturated carbocycles. The van der Waals surface area contributed by atoms with Crippen LogP contribution in [0, 0.1) is 20.8 Å². The molecular weight excluding hydrogens is 236 g/mol. The van der Waals surface area contributed by atoms with Crippen LogP contribution in [0.4, 0.5) is 0 Å². The number of ether oxygens (including phenoxy) is 1. The van der Waals surface area contributed by atoms with Crippen molar-refractivity contribution in [1.29, 1.82) is 0 Å². The Labute approximate surface area is 105 Å². The number of aryl methyl sites for hydroxylation is 5. The van der Waals surface area contributed by atoms with E-state index in [2.05, 4.69) is 16.9 Å². The van der Waals surface area contributed by atoms with E-state index in [1.54, 1.807) is 18.4 Å². The fraction of sp³-hybridized carbons (Fsp3) is 0.500. The van der Waals surface area contributed by atoms with Crippen LogP contribution < -0.4 is 4.74 Å². The summed E-state index contributed by atoms with van der Waals surface area (Å²) in [6, 6.07) is 0. The van der Waals surface area contributed by atoms with Crippen LogP contribution in [-0.2, 0) is 12.8 Å². The first-order valence-corrected chi connectivity index (χ1v) is 6.35. The van der Waals surface area contributed by atoms with E-state index in [4.69, 9.17) is 9.15 Å². The normalized spacial score (nSPS) is 10.8. The number of hydrogen-bond acceptors (Lipinski definition) is 5. The van der Waals surface area contributed by atoms with Crippen molar-refractivity contribution < 1.29 is 9.15 Å². The van der Waals surface area contributed by atoms with Gasteiger partial charge in [0.1, 0.15) is 5.69 Å². The Hall–Kier alpha value is -1.36. The van der Waals surface area contributed by atoms with Gasteiger partial charge in [-0.25, -0.2) is 9.97 Å². The maximum Gasteiger partial charge on any atom is 0.308 e. The number of oxazole rings is 1. The monoisotopic (exact) mass is 252 g/mol. The van der Waals surface area contributed by atoms with Gasteiger partial charge < -0.3 is 9.15 Å². The highest BCUT2D eigenvalue weighted by atomic mass is 32.1. The lowest BCUT2D eigenvalue weighted by Gasteiger charge is -1.97. The molecule has 0 aliphatic carbocycles. The van der Waals surface area contributed by atoms with Crippen molar-refractivity contribution in [2.24, 2.45) is 0 Å². The van der Waals surface area contributed by atoms with Crippen LogP contribution >= 0.6 is 11.3 Å². The van der Waals surface area contributed by atoms with Gasteiger partial charge in [-0.05, 0) is 13.8 Å². The van der Waals surface area contributed by atoms with Crippen LogP contribution in [0.1, 0.15) is 27.2 Å². The van der Waals surface area contributed by atoms with E-state index in [1.165, 1.54) is 4.88 Å². The van der Waals surface area contributed by atoms with Gasteiger partial charge in [0.05, 0.1) is 17.8 Å². The van der Waals surface area contributed by atoms with E-state index >= 15 is 0 Å². The highest BCUT2D eigenvalue weighted by Crippen LogP contribution is 2.23. The van der Waals surface area contributed by atoms with E-state index < -0.39 is 0 Å². The number of methoxy groups -OCH3 is 1. The van der Waals surface area contributed by atoms with Crippen molar-refractivity contribution in [3.05, 3.63) is 27.2 Å². The van der Waals surface area contributed by atoms with Gasteiger partial charge in [0.25, 0.3) is 0 Å². The van der Waals surface area contributed by atoms with Crippen LogP contribution in [0.2, 0.25) is 0 Å². The van der Waals surface area contributed by atoms with Crippen LogP contribution in [0.15, 0.2) is 4.42 Å².